The second-order valence-corrected chi connectivity index (χ2v) is 2.61. The van der Waals surface area contributed by atoms with Crippen LogP contribution >= 0.6 is 0 Å². The molecule has 0 unspecified atom stereocenters. The zero-order valence-electron chi connectivity index (χ0n) is 7.92. The van der Waals surface area contributed by atoms with Crippen molar-refractivity contribution in [2.75, 3.05) is 6.54 Å². The molecular weight excluding hydrogens is 215 g/mol. The first-order chi connectivity index (χ1) is 7.65. The van der Waals surface area contributed by atoms with E-state index in [4.69, 9.17) is 5.53 Å². The van der Waals surface area contributed by atoms with Crippen LogP contribution in [0.25, 0.3) is 10.4 Å². The minimum absolute atomic E-state index is 0.0434. The summed E-state index contributed by atoms with van der Waals surface area (Å²) in [7, 11) is 0. The van der Waals surface area contributed by atoms with Gasteiger partial charge in [0, 0.05) is 11.0 Å². The lowest BCUT2D eigenvalue weighted by atomic mass is 10.2. The molecule has 0 spiro atoms. The molecule has 80 valence electrons. The van der Waals surface area contributed by atoms with Crippen LogP contribution in [0.5, 0.6) is 0 Å². The molecule has 1 rings (SSSR count). The molecule has 0 aliphatic heterocycles. The molecule has 0 saturated heterocycles. The smallest absolute Gasteiger partial charge is 0.258 e. The van der Waals surface area contributed by atoms with Crippen LogP contribution in [-0.4, -0.2) is 11.5 Å². The number of azide groups is 1. The van der Waals surface area contributed by atoms with Gasteiger partial charge in [0.1, 0.15) is 11.4 Å². The number of hydrogen-bond donors (Lipinski definition) is 0. The quantitative estimate of drug-likeness (QED) is 0.191. The Morgan fingerprint density at radius 1 is 1.62 bits per heavy atom. The Bertz CT molecular complexity index is 526. The Labute approximate surface area is 89.5 Å². The SMILES string of the molecule is [N-]=[N+]=NCC#Cc1cc(F)ccc1[N+](=O)[O-]. The summed E-state index contributed by atoms with van der Waals surface area (Å²) >= 11 is 0. The third-order valence-electron chi connectivity index (χ3n) is 1.59. The molecule has 0 bridgehead atoms. The molecule has 0 N–H and O–H groups in total. The summed E-state index contributed by atoms with van der Waals surface area (Å²) in [6, 6.07) is 2.98. The number of nitro groups is 1. The van der Waals surface area contributed by atoms with Gasteiger partial charge in [-0.15, -0.1) is 0 Å². The maximum atomic E-state index is 12.8. The van der Waals surface area contributed by atoms with E-state index in [1.54, 1.807) is 0 Å². The predicted octanol–water partition coefficient (Wildman–Crippen LogP) is 2.40. The van der Waals surface area contributed by atoms with Crippen LogP contribution in [0.15, 0.2) is 23.3 Å². The lowest BCUT2D eigenvalue weighted by Crippen LogP contribution is -1.93. The lowest BCUT2D eigenvalue weighted by Gasteiger charge is -1.94. The first-order valence-corrected chi connectivity index (χ1v) is 4.09. The van der Waals surface area contributed by atoms with Gasteiger partial charge < -0.3 is 0 Å². The Morgan fingerprint density at radius 3 is 3.00 bits per heavy atom. The summed E-state index contributed by atoms with van der Waals surface area (Å²) in [6.07, 6.45) is 0. The first kappa shape index (κ1) is 11.5. The van der Waals surface area contributed by atoms with Gasteiger partial charge in [0.25, 0.3) is 5.69 Å². The summed E-state index contributed by atoms with van der Waals surface area (Å²) in [4.78, 5) is 12.4. The molecule has 0 aromatic heterocycles. The average molecular weight is 220 g/mol. The highest BCUT2D eigenvalue weighted by molar-refractivity contribution is 5.51. The van der Waals surface area contributed by atoms with E-state index in [0.29, 0.717) is 0 Å². The highest BCUT2D eigenvalue weighted by atomic mass is 19.1. The van der Waals surface area contributed by atoms with E-state index >= 15 is 0 Å². The van der Waals surface area contributed by atoms with Crippen molar-refractivity contribution in [1.82, 2.24) is 0 Å². The zero-order chi connectivity index (χ0) is 12.0. The second kappa shape index (κ2) is 5.34. The molecule has 0 radical (unpaired) electrons. The number of benzene rings is 1. The molecular formula is C9H5FN4O2. The van der Waals surface area contributed by atoms with Crippen molar-refractivity contribution in [3.63, 3.8) is 0 Å². The molecule has 6 nitrogen and oxygen atoms in total. The molecule has 0 saturated carbocycles. The second-order valence-electron chi connectivity index (χ2n) is 2.61. The summed E-state index contributed by atoms with van der Waals surface area (Å²) in [5, 5.41) is 13.7. The van der Waals surface area contributed by atoms with E-state index in [0.717, 1.165) is 18.2 Å². The largest absolute Gasteiger partial charge is 0.285 e. The normalized spacial score (nSPS) is 8.56. The maximum Gasteiger partial charge on any atom is 0.285 e. The van der Waals surface area contributed by atoms with Crippen LogP contribution in [0.1, 0.15) is 5.56 Å². The van der Waals surface area contributed by atoms with Crippen molar-refractivity contribution >= 4 is 5.69 Å². The molecule has 1 aromatic carbocycles. The predicted molar refractivity (Wildman–Crippen MR) is 53.9 cm³/mol. The highest BCUT2D eigenvalue weighted by Crippen LogP contribution is 2.18. The fourth-order valence-corrected chi connectivity index (χ4v) is 0.969. The summed E-state index contributed by atoms with van der Waals surface area (Å²) in [5.74, 6) is 4.14. The standard InChI is InChI=1S/C9H5FN4O2/c10-8-3-4-9(14(15)16)7(6-8)2-1-5-12-13-11/h3-4,6H,5H2. The number of rotatable bonds is 2. The zero-order valence-corrected chi connectivity index (χ0v) is 7.92. The third kappa shape index (κ3) is 2.97. The van der Waals surface area contributed by atoms with Gasteiger partial charge in [-0.25, -0.2) is 4.39 Å². The number of hydrogen-bond acceptors (Lipinski definition) is 3. The highest BCUT2D eigenvalue weighted by Gasteiger charge is 2.11. The molecule has 16 heavy (non-hydrogen) atoms. The van der Waals surface area contributed by atoms with Gasteiger partial charge >= 0.3 is 0 Å². The molecule has 0 fully saturated rings. The van der Waals surface area contributed by atoms with Crippen molar-refractivity contribution in [1.29, 1.82) is 0 Å². The van der Waals surface area contributed by atoms with E-state index in [1.165, 1.54) is 0 Å². The van der Waals surface area contributed by atoms with Crippen LogP contribution < -0.4 is 0 Å². The fraction of sp³-hybridized carbons (Fsp3) is 0.111. The maximum absolute atomic E-state index is 12.8. The number of nitro benzene ring substituents is 1. The molecule has 0 aliphatic rings. The molecule has 0 amide bonds. The van der Waals surface area contributed by atoms with Crippen molar-refractivity contribution in [2.24, 2.45) is 5.11 Å². The minimum atomic E-state index is -0.656. The van der Waals surface area contributed by atoms with Crippen molar-refractivity contribution in [3.05, 3.63) is 50.1 Å². The van der Waals surface area contributed by atoms with Gasteiger partial charge in [-0.3, -0.25) is 10.1 Å². The van der Waals surface area contributed by atoms with E-state index < -0.39 is 10.7 Å². The molecule has 7 heteroatoms. The Morgan fingerprint density at radius 2 is 2.38 bits per heavy atom. The fourth-order valence-electron chi connectivity index (χ4n) is 0.969. The summed E-state index contributed by atoms with van der Waals surface area (Å²) in [6.45, 7) is -0.121. The lowest BCUT2D eigenvalue weighted by molar-refractivity contribution is -0.385. The van der Waals surface area contributed by atoms with Crippen LogP contribution in [0, 0.1) is 27.8 Å². The van der Waals surface area contributed by atoms with Gasteiger partial charge in [-0.1, -0.05) is 17.0 Å². The topological polar surface area (TPSA) is 91.9 Å². The van der Waals surface area contributed by atoms with Gasteiger partial charge in [-0.05, 0) is 17.7 Å². The number of halogens is 1. The van der Waals surface area contributed by atoms with Crippen molar-refractivity contribution in [2.45, 2.75) is 0 Å². The molecule has 1 aromatic rings. The van der Waals surface area contributed by atoms with E-state index in [2.05, 4.69) is 21.9 Å². The van der Waals surface area contributed by atoms with Crippen LogP contribution in [0.3, 0.4) is 0 Å². The average Bonchev–Trinajstić information content (AvgIpc) is 2.24. The van der Waals surface area contributed by atoms with E-state index in [9.17, 15) is 14.5 Å². The summed E-state index contributed by atoms with van der Waals surface area (Å²) < 4.78 is 12.8. The monoisotopic (exact) mass is 220 g/mol. The first-order valence-electron chi connectivity index (χ1n) is 4.09. The van der Waals surface area contributed by atoms with Gasteiger partial charge in [0.2, 0.25) is 0 Å². The van der Waals surface area contributed by atoms with E-state index in [-0.39, 0.29) is 17.8 Å². The van der Waals surface area contributed by atoms with Crippen molar-refractivity contribution in [3.8, 4) is 11.8 Å². The minimum Gasteiger partial charge on any atom is -0.258 e. The molecule has 0 heterocycles. The van der Waals surface area contributed by atoms with E-state index in [1.807, 2.05) is 0 Å². The third-order valence-corrected chi connectivity index (χ3v) is 1.59. The molecule has 0 atom stereocenters. The van der Waals surface area contributed by atoms with Crippen LogP contribution in [0.2, 0.25) is 0 Å². The Kier molecular flexibility index (Phi) is 3.83. The number of nitrogens with zero attached hydrogens (tertiary/aromatic N) is 4. The van der Waals surface area contributed by atoms with Gasteiger partial charge in [0.15, 0.2) is 0 Å². The van der Waals surface area contributed by atoms with Gasteiger partial charge in [-0.2, -0.15) is 0 Å². The Hall–Kier alpha value is -2.58. The molecule has 0 aliphatic carbocycles. The summed E-state index contributed by atoms with van der Waals surface area (Å²) in [5.41, 5.74) is 7.65. The van der Waals surface area contributed by atoms with Crippen LogP contribution in [-0.2, 0) is 0 Å². The van der Waals surface area contributed by atoms with Gasteiger partial charge in [0.05, 0.1) is 11.5 Å². The Balaban J connectivity index is 3.08. The van der Waals surface area contributed by atoms with Crippen molar-refractivity contribution < 1.29 is 9.31 Å². The van der Waals surface area contributed by atoms with Crippen LogP contribution in [0.4, 0.5) is 10.1 Å².